The number of hydrogen-bond acceptors (Lipinski definition) is 3. The van der Waals surface area contributed by atoms with E-state index in [0.717, 1.165) is 19.3 Å². The van der Waals surface area contributed by atoms with Crippen LogP contribution in [0.4, 0.5) is 11.4 Å². The van der Waals surface area contributed by atoms with Gasteiger partial charge in [-0.1, -0.05) is 18.0 Å². The van der Waals surface area contributed by atoms with Crippen LogP contribution in [0.3, 0.4) is 0 Å². The van der Waals surface area contributed by atoms with Crippen LogP contribution in [0.25, 0.3) is 0 Å². The van der Waals surface area contributed by atoms with Crippen molar-refractivity contribution in [1.29, 1.82) is 0 Å². The Morgan fingerprint density at radius 2 is 1.58 bits per heavy atom. The molecule has 0 radical (unpaired) electrons. The standard InChI is InChI=1S/C20H22ClN3O2/c21-15-6-4-13(5-7-15)20(26)24-17-10-8-16(9-11-17)23-19(25)12-14-2-1-3-18(14)22/h4-11,14,18H,1-3,12,22H2,(H,23,25)(H,24,26)/t14-,18+/m0/s1. The number of amides is 2. The highest BCUT2D eigenvalue weighted by molar-refractivity contribution is 6.30. The van der Waals surface area contributed by atoms with E-state index in [9.17, 15) is 9.59 Å². The third-order valence-corrected chi connectivity index (χ3v) is 4.95. The van der Waals surface area contributed by atoms with Crippen LogP contribution < -0.4 is 16.4 Å². The molecule has 1 saturated carbocycles. The van der Waals surface area contributed by atoms with E-state index in [1.807, 2.05) is 0 Å². The predicted octanol–water partition coefficient (Wildman–Crippen LogP) is 4.05. The first kappa shape index (κ1) is 18.4. The van der Waals surface area contributed by atoms with Gasteiger partial charge in [0.15, 0.2) is 0 Å². The molecule has 0 unspecified atom stereocenters. The normalized spacial score (nSPS) is 19.2. The van der Waals surface area contributed by atoms with E-state index in [2.05, 4.69) is 10.6 Å². The van der Waals surface area contributed by atoms with Gasteiger partial charge in [0.25, 0.3) is 5.91 Å². The van der Waals surface area contributed by atoms with Gasteiger partial charge in [0.05, 0.1) is 0 Å². The molecular formula is C20H22ClN3O2. The molecule has 1 aliphatic rings. The summed E-state index contributed by atoms with van der Waals surface area (Å²) in [6.07, 6.45) is 3.57. The minimum absolute atomic E-state index is 0.0229. The molecule has 5 nitrogen and oxygen atoms in total. The van der Waals surface area contributed by atoms with Crippen molar-refractivity contribution in [2.45, 2.75) is 31.7 Å². The van der Waals surface area contributed by atoms with Gasteiger partial charge in [-0.05, 0) is 67.3 Å². The molecule has 0 bridgehead atoms. The number of rotatable bonds is 5. The summed E-state index contributed by atoms with van der Waals surface area (Å²) in [5, 5.41) is 6.28. The monoisotopic (exact) mass is 371 g/mol. The van der Waals surface area contributed by atoms with E-state index >= 15 is 0 Å². The molecule has 2 atom stereocenters. The summed E-state index contributed by atoms with van der Waals surface area (Å²) >= 11 is 5.82. The minimum Gasteiger partial charge on any atom is -0.327 e. The first-order valence-electron chi connectivity index (χ1n) is 8.73. The lowest BCUT2D eigenvalue weighted by Gasteiger charge is -2.15. The Balaban J connectivity index is 1.53. The van der Waals surface area contributed by atoms with Crippen LogP contribution >= 0.6 is 11.6 Å². The SMILES string of the molecule is N[C@@H]1CCC[C@H]1CC(=O)Nc1ccc(NC(=O)c2ccc(Cl)cc2)cc1. The number of nitrogens with two attached hydrogens (primary N) is 1. The lowest BCUT2D eigenvalue weighted by molar-refractivity contribution is -0.117. The fourth-order valence-electron chi connectivity index (χ4n) is 3.21. The molecule has 0 saturated heterocycles. The Labute approximate surface area is 157 Å². The van der Waals surface area contributed by atoms with Crippen LogP contribution in [0.15, 0.2) is 48.5 Å². The Morgan fingerprint density at radius 3 is 2.15 bits per heavy atom. The highest BCUT2D eigenvalue weighted by Crippen LogP contribution is 2.27. The van der Waals surface area contributed by atoms with Crippen LogP contribution in [0.5, 0.6) is 0 Å². The average molecular weight is 372 g/mol. The molecular weight excluding hydrogens is 350 g/mol. The van der Waals surface area contributed by atoms with Gasteiger partial charge in [0.2, 0.25) is 5.91 Å². The van der Waals surface area contributed by atoms with Crippen LogP contribution in [0.1, 0.15) is 36.0 Å². The second-order valence-electron chi connectivity index (χ2n) is 6.65. The van der Waals surface area contributed by atoms with E-state index in [1.54, 1.807) is 48.5 Å². The number of halogens is 1. The van der Waals surface area contributed by atoms with Gasteiger partial charge in [0, 0.05) is 34.4 Å². The van der Waals surface area contributed by atoms with E-state index in [4.69, 9.17) is 17.3 Å². The van der Waals surface area contributed by atoms with Crippen molar-refractivity contribution in [2.75, 3.05) is 10.6 Å². The Kier molecular flexibility index (Phi) is 5.91. The van der Waals surface area contributed by atoms with Crippen LogP contribution in [-0.4, -0.2) is 17.9 Å². The Bertz CT molecular complexity index is 775. The van der Waals surface area contributed by atoms with Gasteiger partial charge in [-0.3, -0.25) is 9.59 Å². The number of anilines is 2. The minimum atomic E-state index is -0.214. The summed E-state index contributed by atoms with van der Waals surface area (Å²) in [6.45, 7) is 0. The van der Waals surface area contributed by atoms with Gasteiger partial charge in [0.1, 0.15) is 0 Å². The summed E-state index contributed by atoms with van der Waals surface area (Å²) in [5.74, 6) is 0.0342. The Morgan fingerprint density at radius 1 is 0.962 bits per heavy atom. The number of hydrogen-bond donors (Lipinski definition) is 3. The molecule has 0 heterocycles. The van der Waals surface area contributed by atoms with Crippen LogP contribution in [0.2, 0.25) is 5.02 Å². The predicted molar refractivity (Wildman–Crippen MR) is 104 cm³/mol. The van der Waals surface area contributed by atoms with Gasteiger partial charge < -0.3 is 16.4 Å². The summed E-state index contributed by atoms with van der Waals surface area (Å²) in [4.78, 5) is 24.3. The largest absolute Gasteiger partial charge is 0.327 e. The van der Waals surface area contributed by atoms with Gasteiger partial charge in [-0.15, -0.1) is 0 Å². The highest BCUT2D eigenvalue weighted by Gasteiger charge is 2.25. The molecule has 0 spiro atoms. The molecule has 4 N–H and O–H groups in total. The van der Waals surface area contributed by atoms with Crippen molar-refractivity contribution in [3.8, 4) is 0 Å². The van der Waals surface area contributed by atoms with Gasteiger partial charge >= 0.3 is 0 Å². The molecule has 6 heteroatoms. The molecule has 0 aromatic heterocycles. The summed E-state index contributed by atoms with van der Waals surface area (Å²) in [6, 6.07) is 13.9. The van der Waals surface area contributed by atoms with Crippen LogP contribution in [0, 0.1) is 5.92 Å². The molecule has 3 rings (SSSR count). The Hall–Kier alpha value is -2.37. The molecule has 1 aliphatic carbocycles. The zero-order valence-electron chi connectivity index (χ0n) is 14.4. The van der Waals surface area contributed by atoms with Crippen molar-refractivity contribution in [2.24, 2.45) is 11.7 Å². The fraction of sp³-hybridized carbons (Fsp3) is 0.300. The van der Waals surface area contributed by atoms with Gasteiger partial charge in [-0.25, -0.2) is 0 Å². The first-order valence-corrected chi connectivity index (χ1v) is 9.11. The third kappa shape index (κ3) is 4.84. The lowest BCUT2D eigenvalue weighted by Crippen LogP contribution is -2.28. The second kappa shape index (κ2) is 8.34. The van der Waals surface area contributed by atoms with E-state index in [1.165, 1.54) is 0 Å². The highest BCUT2D eigenvalue weighted by atomic mass is 35.5. The number of benzene rings is 2. The van der Waals surface area contributed by atoms with Crippen molar-refractivity contribution in [3.05, 3.63) is 59.1 Å². The maximum absolute atomic E-state index is 12.2. The molecule has 2 aromatic carbocycles. The lowest BCUT2D eigenvalue weighted by atomic mass is 10.00. The average Bonchev–Trinajstić information content (AvgIpc) is 3.02. The smallest absolute Gasteiger partial charge is 0.255 e. The van der Waals surface area contributed by atoms with E-state index in [0.29, 0.717) is 28.4 Å². The molecule has 136 valence electrons. The van der Waals surface area contributed by atoms with Crippen molar-refractivity contribution in [1.82, 2.24) is 0 Å². The molecule has 2 aromatic rings. The molecule has 1 fully saturated rings. The fourth-order valence-corrected chi connectivity index (χ4v) is 3.34. The maximum atomic E-state index is 12.2. The van der Waals surface area contributed by atoms with E-state index in [-0.39, 0.29) is 23.8 Å². The molecule has 0 aliphatic heterocycles. The first-order chi connectivity index (χ1) is 12.5. The van der Waals surface area contributed by atoms with Crippen molar-refractivity contribution < 1.29 is 9.59 Å². The van der Waals surface area contributed by atoms with Crippen LogP contribution in [-0.2, 0) is 4.79 Å². The zero-order valence-corrected chi connectivity index (χ0v) is 15.1. The molecule has 26 heavy (non-hydrogen) atoms. The summed E-state index contributed by atoms with van der Waals surface area (Å²) in [7, 11) is 0. The second-order valence-corrected chi connectivity index (χ2v) is 7.08. The summed E-state index contributed by atoms with van der Waals surface area (Å²) in [5.41, 5.74) is 7.90. The van der Waals surface area contributed by atoms with Crippen molar-refractivity contribution in [3.63, 3.8) is 0 Å². The van der Waals surface area contributed by atoms with Gasteiger partial charge in [-0.2, -0.15) is 0 Å². The maximum Gasteiger partial charge on any atom is 0.255 e. The van der Waals surface area contributed by atoms with E-state index < -0.39 is 0 Å². The topological polar surface area (TPSA) is 84.2 Å². The number of nitrogens with one attached hydrogen (secondary N) is 2. The quantitative estimate of drug-likeness (QED) is 0.741. The van der Waals surface area contributed by atoms with Crippen molar-refractivity contribution >= 4 is 34.8 Å². The molecule has 2 amide bonds. The number of carbonyl (C=O) groups is 2. The summed E-state index contributed by atoms with van der Waals surface area (Å²) < 4.78 is 0. The third-order valence-electron chi connectivity index (χ3n) is 4.70. The zero-order chi connectivity index (χ0) is 18.5. The number of carbonyl (C=O) groups excluding carboxylic acids is 2.